The second-order valence-electron chi connectivity index (χ2n) is 17.7. The number of hydrogen-bond acceptors (Lipinski definition) is 4. The van der Waals surface area contributed by atoms with Crippen molar-refractivity contribution in [1.29, 1.82) is 0 Å². The average molecular weight is 719 g/mol. The van der Waals surface area contributed by atoms with Gasteiger partial charge in [0.05, 0.1) is 24.9 Å². The molecule has 278 valence electrons. The first-order valence-electron chi connectivity index (χ1n) is 19.0. The Balaban J connectivity index is 1.58. The molecule has 50 heavy (non-hydrogen) atoms. The van der Waals surface area contributed by atoms with Gasteiger partial charge in [0, 0.05) is 0 Å². The molecule has 2 atom stereocenters. The Bertz CT molecular complexity index is 1370. The lowest BCUT2D eigenvalue weighted by Gasteiger charge is -2.42. The summed E-state index contributed by atoms with van der Waals surface area (Å²) in [5, 5.41) is 2.83. The molecule has 0 saturated carbocycles. The van der Waals surface area contributed by atoms with Crippen molar-refractivity contribution in [2.24, 2.45) is 0 Å². The van der Waals surface area contributed by atoms with Gasteiger partial charge in [-0.05, 0) is 107 Å². The van der Waals surface area contributed by atoms with Crippen molar-refractivity contribution in [3.8, 4) is 0 Å². The maximum absolute atomic E-state index is 7.12. The third-order valence-electron chi connectivity index (χ3n) is 10.9. The van der Waals surface area contributed by atoms with Crippen molar-refractivity contribution in [3.05, 3.63) is 96.1 Å². The Hall–Kier alpha value is -2.07. The minimum atomic E-state index is -2.56. The molecule has 6 heteroatoms. The molecule has 2 aromatic carbocycles. The van der Waals surface area contributed by atoms with E-state index in [1.165, 1.54) is 21.5 Å². The van der Waals surface area contributed by atoms with Crippen LogP contribution < -0.4 is 10.4 Å². The van der Waals surface area contributed by atoms with Crippen LogP contribution in [-0.4, -0.2) is 47.3 Å². The van der Waals surface area contributed by atoms with E-state index in [-0.39, 0.29) is 21.8 Å². The summed E-state index contributed by atoms with van der Waals surface area (Å²) in [5.74, 6) is -0.584. The first kappa shape index (κ1) is 42.3. The molecular formula is C44H70O4Si2. The van der Waals surface area contributed by atoms with Crippen molar-refractivity contribution in [2.75, 3.05) is 13.2 Å². The summed E-state index contributed by atoms with van der Waals surface area (Å²) in [7, 11) is -4.25. The summed E-state index contributed by atoms with van der Waals surface area (Å²) in [5.41, 5.74) is 2.43. The molecule has 1 aliphatic heterocycles. The summed E-state index contributed by atoms with van der Waals surface area (Å²) in [6, 6.07) is 21.8. The number of rotatable bonds is 17. The standard InChI is InChI=1S/C44H70O4Si2/c1-36(24-17-16-22-34-45-49(12,13)41(3,4)5)25-23-33-44(11)40(47-43(9,10)48-44)31-30-37(2)32-35-46-50(42(6,7)8,38-26-18-14-19-27-38)39-28-20-15-21-29-39/h14-16,18-22,25-29,32,40H,17,23-24,30-31,33-35H2,1-13H3/b22-16+,36-25+,37-32+/t40?,44-/m0/s1. The summed E-state index contributed by atoms with van der Waals surface area (Å²) in [6.45, 7) is 30.6. The lowest BCUT2D eigenvalue weighted by Crippen LogP contribution is -2.66. The van der Waals surface area contributed by atoms with Crippen LogP contribution in [0.15, 0.2) is 96.1 Å². The lowest BCUT2D eigenvalue weighted by molar-refractivity contribution is -0.161. The van der Waals surface area contributed by atoms with Crippen LogP contribution in [0, 0.1) is 0 Å². The van der Waals surface area contributed by atoms with Crippen LogP contribution in [0.1, 0.15) is 115 Å². The normalized spacial score (nSPS) is 20.9. The SMILES string of the molecule is C/C(=C\CC[C@]1(C)OC(C)(C)OC1CC/C(C)=C/CO[Si](c1ccccc1)(c1ccccc1)C(C)(C)C)CC/C=C/CO[Si](C)(C)C(C)(C)C. The van der Waals surface area contributed by atoms with Gasteiger partial charge in [-0.3, -0.25) is 0 Å². The van der Waals surface area contributed by atoms with E-state index in [2.05, 4.69) is 160 Å². The van der Waals surface area contributed by atoms with Crippen LogP contribution in [0.3, 0.4) is 0 Å². The summed E-state index contributed by atoms with van der Waals surface area (Å²) in [4.78, 5) is 0. The summed E-state index contributed by atoms with van der Waals surface area (Å²) < 4.78 is 26.5. The maximum Gasteiger partial charge on any atom is 0.261 e. The zero-order chi connectivity index (χ0) is 37.3. The number of ether oxygens (including phenoxy) is 2. The molecule has 1 aliphatic rings. The molecule has 0 aliphatic carbocycles. The van der Waals surface area contributed by atoms with Crippen molar-refractivity contribution >= 4 is 27.0 Å². The lowest BCUT2D eigenvalue weighted by atomic mass is 9.89. The van der Waals surface area contributed by atoms with Crippen LogP contribution in [0.5, 0.6) is 0 Å². The topological polar surface area (TPSA) is 36.9 Å². The third-order valence-corrected chi connectivity index (χ3v) is 20.4. The van der Waals surface area contributed by atoms with E-state index >= 15 is 0 Å². The Morgan fingerprint density at radius 2 is 1.28 bits per heavy atom. The van der Waals surface area contributed by atoms with E-state index in [0.717, 1.165) is 38.5 Å². The average Bonchev–Trinajstić information content (AvgIpc) is 3.26. The van der Waals surface area contributed by atoms with Crippen molar-refractivity contribution in [3.63, 3.8) is 0 Å². The number of benzene rings is 2. The fraction of sp³-hybridized carbons (Fsp3) is 0.591. The fourth-order valence-corrected chi connectivity index (χ4v) is 12.3. The summed E-state index contributed by atoms with van der Waals surface area (Å²) >= 11 is 0. The highest BCUT2D eigenvalue weighted by Gasteiger charge is 2.50. The van der Waals surface area contributed by atoms with Gasteiger partial charge in [-0.2, -0.15) is 0 Å². The van der Waals surface area contributed by atoms with Crippen LogP contribution in [-0.2, 0) is 18.3 Å². The molecular weight excluding hydrogens is 649 g/mol. The van der Waals surface area contributed by atoms with E-state index in [0.29, 0.717) is 13.2 Å². The minimum Gasteiger partial charge on any atom is -0.413 e. The second-order valence-corrected chi connectivity index (χ2v) is 26.8. The predicted octanol–water partition coefficient (Wildman–Crippen LogP) is 11.3. The van der Waals surface area contributed by atoms with Gasteiger partial charge >= 0.3 is 0 Å². The Morgan fingerprint density at radius 3 is 1.82 bits per heavy atom. The minimum absolute atomic E-state index is 0.0379. The van der Waals surface area contributed by atoms with E-state index in [4.69, 9.17) is 18.3 Å². The van der Waals surface area contributed by atoms with Crippen molar-refractivity contribution < 1.29 is 18.3 Å². The van der Waals surface area contributed by atoms with Gasteiger partial charge in [0.2, 0.25) is 0 Å². The molecule has 0 N–H and O–H groups in total. The second kappa shape index (κ2) is 17.6. The first-order chi connectivity index (χ1) is 23.2. The molecule has 0 spiro atoms. The number of allylic oxidation sites excluding steroid dienone is 4. The summed E-state index contributed by atoms with van der Waals surface area (Å²) in [6.07, 6.45) is 15.1. The van der Waals surface area contributed by atoms with Crippen LogP contribution in [0.25, 0.3) is 0 Å². The first-order valence-corrected chi connectivity index (χ1v) is 23.8. The zero-order valence-electron chi connectivity index (χ0n) is 34.0. The molecule has 0 aromatic heterocycles. The zero-order valence-corrected chi connectivity index (χ0v) is 36.0. The largest absolute Gasteiger partial charge is 0.413 e. The van der Waals surface area contributed by atoms with Crippen molar-refractivity contribution in [2.45, 2.75) is 155 Å². The molecule has 3 rings (SSSR count). The molecule has 1 saturated heterocycles. The van der Waals surface area contributed by atoms with Gasteiger partial charge in [-0.25, -0.2) is 0 Å². The highest BCUT2D eigenvalue weighted by molar-refractivity contribution is 6.99. The van der Waals surface area contributed by atoms with Gasteiger partial charge < -0.3 is 18.3 Å². The smallest absolute Gasteiger partial charge is 0.261 e. The monoisotopic (exact) mass is 718 g/mol. The highest BCUT2D eigenvalue weighted by Crippen LogP contribution is 2.42. The van der Waals surface area contributed by atoms with E-state index < -0.39 is 22.4 Å². The van der Waals surface area contributed by atoms with E-state index in [9.17, 15) is 0 Å². The molecule has 4 nitrogen and oxygen atoms in total. The third kappa shape index (κ3) is 11.5. The Kier molecular flexibility index (Phi) is 14.9. The van der Waals surface area contributed by atoms with Crippen LogP contribution >= 0.6 is 0 Å². The Labute approximate surface area is 309 Å². The molecule has 0 bridgehead atoms. The van der Waals surface area contributed by atoms with Gasteiger partial charge in [0.25, 0.3) is 8.32 Å². The molecule has 2 aromatic rings. The number of hydrogen-bond donors (Lipinski definition) is 0. The van der Waals surface area contributed by atoms with Crippen LogP contribution in [0.4, 0.5) is 0 Å². The Morgan fingerprint density at radius 1 is 0.720 bits per heavy atom. The van der Waals surface area contributed by atoms with Gasteiger partial charge in [-0.15, -0.1) is 0 Å². The quantitative estimate of drug-likeness (QED) is 0.121. The van der Waals surface area contributed by atoms with Crippen LogP contribution in [0.2, 0.25) is 23.2 Å². The fourth-order valence-electron chi connectivity index (χ4n) is 6.90. The van der Waals surface area contributed by atoms with E-state index in [1.807, 2.05) is 13.8 Å². The van der Waals surface area contributed by atoms with Crippen molar-refractivity contribution in [1.82, 2.24) is 0 Å². The molecule has 1 unspecified atom stereocenters. The molecule has 0 radical (unpaired) electrons. The molecule has 0 amide bonds. The highest BCUT2D eigenvalue weighted by atomic mass is 28.4. The maximum atomic E-state index is 7.12. The van der Waals surface area contributed by atoms with E-state index in [1.54, 1.807) is 0 Å². The van der Waals surface area contributed by atoms with Gasteiger partial charge in [-0.1, -0.05) is 138 Å². The van der Waals surface area contributed by atoms with Gasteiger partial charge in [0.15, 0.2) is 14.1 Å². The van der Waals surface area contributed by atoms with Gasteiger partial charge in [0.1, 0.15) is 0 Å². The predicted molar refractivity (Wildman–Crippen MR) is 220 cm³/mol. The molecule has 1 heterocycles. The molecule has 1 fully saturated rings.